The van der Waals surface area contributed by atoms with Gasteiger partial charge in [-0.2, -0.15) is 4.81 Å². The zero-order valence-electron chi connectivity index (χ0n) is 16.1. The molecule has 2 heterocycles. The van der Waals surface area contributed by atoms with E-state index < -0.39 is 16.5 Å². The first kappa shape index (κ1) is 20.4. The highest BCUT2D eigenvalue weighted by atomic mass is 32.1. The number of aliphatic hydroxyl groups is 1. The van der Waals surface area contributed by atoms with Gasteiger partial charge in [0.05, 0.1) is 5.39 Å². The smallest absolute Gasteiger partial charge is 0.331 e. The lowest BCUT2D eigenvalue weighted by Crippen LogP contribution is -2.38. The summed E-state index contributed by atoms with van der Waals surface area (Å²) in [6.45, 7) is 4.43. The molecule has 0 bridgehead atoms. The summed E-state index contributed by atoms with van der Waals surface area (Å²) < 4.78 is 2.65. The predicted molar refractivity (Wildman–Crippen MR) is 110 cm³/mol. The maximum atomic E-state index is 12.5. The molecular formula is C19H23N3O5S. The van der Waals surface area contributed by atoms with Crippen molar-refractivity contribution in [1.29, 1.82) is 0 Å². The number of quaternary nitrogens is 1. The van der Waals surface area contributed by atoms with E-state index in [4.69, 9.17) is 0 Å². The summed E-state index contributed by atoms with van der Waals surface area (Å²) in [6.07, 6.45) is -1.03. The quantitative estimate of drug-likeness (QED) is 0.500. The Bertz CT molecular complexity index is 1120. The Morgan fingerprint density at radius 2 is 1.82 bits per heavy atom. The molecule has 2 unspecified atom stereocenters. The van der Waals surface area contributed by atoms with Gasteiger partial charge in [-0.05, 0) is 17.5 Å². The van der Waals surface area contributed by atoms with Crippen molar-refractivity contribution in [2.45, 2.75) is 26.5 Å². The molecular weight excluding hydrogens is 382 g/mol. The number of aliphatic hydroxyl groups excluding tert-OH is 1. The Morgan fingerprint density at radius 3 is 2.36 bits per heavy atom. The number of fused-ring (bicyclic) bond motifs is 1. The van der Waals surface area contributed by atoms with E-state index in [0.717, 1.165) is 11.6 Å². The van der Waals surface area contributed by atoms with Crippen LogP contribution in [0.2, 0.25) is 0 Å². The number of rotatable bonds is 5. The molecule has 0 saturated carbocycles. The molecule has 2 atom stereocenters. The topological polar surface area (TPSA) is 108 Å². The fourth-order valence-electron chi connectivity index (χ4n) is 3.05. The third kappa shape index (κ3) is 3.67. The summed E-state index contributed by atoms with van der Waals surface area (Å²) in [4.78, 5) is 24.6. The molecule has 0 aliphatic heterocycles. The van der Waals surface area contributed by atoms with Gasteiger partial charge in [0.2, 0.25) is 0 Å². The van der Waals surface area contributed by atoms with Gasteiger partial charge in [-0.3, -0.25) is 13.9 Å². The van der Waals surface area contributed by atoms with Gasteiger partial charge in [0.25, 0.3) is 5.56 Å². The molecule has 0 aliphatic carbocycles. The zero-order chi connectivity index (χ0) is 20.8. The molecule has 150 valence electrons. The van der Waals surface area contributed by atoms with E-state index in [2.05, 4.69) is 0 Å². The van der Waals surface area contributed by atoms with Crippen molar-refractivity contribution < 1.29 is 10.3 Å². The number of benzene rings is 1. The van der Waals surface area contributed by atoms with Gasteiger partial charge >= 0.3 is 5.69 Å². The fourth-order valence-corrected chi connectivity index (χ4v) is 4.21. The van der Waals surface area contributed by atoms with Crippen LogP contribution < -0.4 is 16.1 Å². The molecule has 2 aromatic heterocycles. The SMILES string of the molecule is CC(C)Cn1c(=O)n(C)c(=O)c2cc(C(O)c3ccc([N+](C)([O-])O)cc3)sc21. The van der Waals surface area contributed by atoms with Crippen LogP contribution in [0.25, 0.3) is 10.2 Å². The summed E-state index contributed by atoms with van der Waals surface area (Å²) in [5.41, 5.74) is -0.135. The van der Waals surface area contributed by atoms with Crippen LogP contribution in [-0.4, -0.2) is 26.5 Å². The monoisotopic (exact) mass is 405 g/mol. The lowest BCUT2D eigenvalue weighted by molar-refractivity contribution is -0.00444. The highest BCUT2D eigenvalue weighted by Crippen LogP contribution is 2.32. The minimum absolute atomic E-state index is 0.131. The molecule has 0 amide bonds. The first-order valence-electron chi connectivity index (χ1n) is 8.82. The van der Waals surface area contributed by atoms with Crippen LogP contribution in [0.5, 0.6) is 0 Å². The molecule has 9 heteroatoms. The second-order valence-corrected chi connectivity index (χ2v) is 8.45. The average Bonchev–Trinajstić information content (AvgIpc) is 3.07. The zero-order valence-corrected chi connectivity index (χ0v) is 16.9. The van der Waals surface area contributed by atoms with Gasteiger partial charge in [-0.25, -0.2) is 10.0 Å². The van der Waals surface area contributed by atoms with Crippen molar-refractivity contribution >= 4 is 27.2 Å². The third-order valence-corrected chi connectivity index (χ3v) is 5.75. The van der Waals surface area contributed by atoms with Crippen LogP contribution in [0.4, 0.5) is 5.69 Å². The lowest BCUT2D eigenvalue weighted by atomic mass is 10.1. The van der Waals surface area contributed by atoms with Crippen molar-refractivity contribution in [3.63, 3.8) is 0 Å². The number of aromatic nitrogens is 2. The van der Waals surface area contributed by atoms with Gasteiger partial charge < -0.3 is 10.3 Å². The average molecular weight is 405 g/mol. The van der Waals surface area contributed by atoms with Crippen LogP contribution in [0.1, 0.15) is 30.4 Å². The standard InChI is InChI=1S/C19H23N3O5S/c1-11(2)10-21-18-14(17(24)20(3)19(21)25)9-15(28-18)16(23)12-5-7-13(8-6-12)22(4,26)27/h5-9,11,16,23,26H,10H2,1-4H3. The predicted octanol–water partition coefficient (Wildman–Crippen LogP) is 2.32. The van der Waals surface area contributed by atoms with E-state index in [9.17, 15) is 25.1 Å². The number of hydrogen-bond donors (Lipinski definition) is 2. The first-order chi connectivity index (χ1) is 13.0. The van der Waals surface area contributed by atoms with Crippen molar-refractivity contribution in [3.8, 4) is 0 Å². The molecule has 3 rings (SSSR count). The summed E-state index contributed by atoms with van der Waals surface area (Å²) >= 11 is 1.20. The second kappa shape index (κ2) is 7.26. The summed E-state index contributed by atoms with van der Waals surface area (Å²) in [5.74, 6) is 0.208. The number of hydroxylamine groups is 2. The molecule has 28 heavy (non-hydrogen) atoms. The molecule has 0 aliphatic rings. The second-order valence-electron chi connectivity index (χ2n) is 7.39. The van der Waals surface area contributed by atoms with E-state index in [-0.39, 0.29) is 17.3 Å². The van der Waals surface area contributed by atoms with Crippen LogP contribution in [-0.2, 0) is 13.6 Å². The highest BCUT2D eigenvalue weighted by Gasteiger charge is 2.20. The number of hydrogen-bond acceptors (Lipinski definition) is 6. The van der Waals surface area contributed by atoms with Crippen LogP contribution in [0.3, 0.4) is 0 Å². The van der Waals surface area contributed by atoms with Crippen molar-refractivity contribution in [2.24, 2.45) is 13.0 Å². The molecule has 3 aromatic rings. The maximum Gasteiger partial charge on any atom is 0.331 e. The van der Waals surface area contributed by atoms with Crippen LogP contribution in [0.15, 0.2) is 39.9 Å². The number of nitrogens with zero attached hydrogens (tertiary/aromatic N) is 3. The van der Waals surface area contributed by atoms with Crippen LogP contribution in [0, 0.1) is 11.1 Å². The normalized spacial score (nSPS) is 15.1. The molecule has 0 radical (unpaired) electrons. The van der Waals surface area contributed by atoms with Gasteiger partial charge in [0.1, 0.15) is 18.0 Å². The van der Waals surface area contributed by atoms with Gasteiger partial charge in [-0.1, -0.05) is 26.0 Å². The molecule has 0 saturated heterocycles. The van der Waals surface area contributed by atoms with E-state index in [1.165, 1.54) is 30.5 Å². The van der Waals surface area contributed by atoms with Gasteiger partial charge in [0.15, 0.2) is 5.69 Å². The summed E-state index contributed by atoms with van der Waals surface area (Å²) in [7, 11) is 2.53. The summed E-state index contributed by atoms with van der Waals surface area (Å²) in [6, 6.07) is 7.58. The Balaban J connectivity index is 2.10. The van der Waals surface area contributed by atoms with E-state index in [1.54, 1.807) is 22.8 Å². The molecule has 0 fully saturated rings. The Kier molecular flexibility index (Phi) is 5.30. The van der Waals surface area contributed by atoms with Gasteiger partial charge in [0, 0.05) is 30.6 Å². The van der Waals surface area contributed by atoms with E-state index in [1.807, 2.05) is 13.8 Å². The minimum Gasteiger partial charge on any atom is -0.593 e. The van der Waals surface area contributed by atoms with Crippen molar-refractivity contribution in [3.05, 3.63) is 66.8 Å². The molecule has 2 N–H and O–H groups in total. The van der Waals surface area contributed by atoms with Crippen molar-refractivity contribution in [2.75, 3.05) is 7.05 Å². The highest BCUT2D eigenvalue weighted by molar-refractivity contribution is 7.18. The van der Waals surface area contributed by atoms with E-state index in [0.29, 0.717) is 27.2 Å². The van der Waals surface area contributed by atoms with Gasteiger partial charge in [-0.15, -0.1) is 11.3 Å². The largest absolute Gasteiger partial charge is 0.593 e. The Labute approximate surface area is 165 Å². The van der Waals surface area contributed by atoms with E-state index >= 15 is 0 Å². The maximum absolute atomic E-state index is 12.5. The molecule has 1 aromatic carbocycles. The molecule has 0 spiro atoms. The first-order valence-corrected chi connectivity index (χ1v) is 9.64. The lowest BCUT2D eigenvalue weighted by Gasteiger charge is -2.27. The molecule has 8 nitrogen and oxygen atoms in total. The fraction of sp³-hybridized carbons (Fsp3) is 0.368. The third-order valence-electron chi connectivity index (χ3n) is 4.53. The Hall–Kier alpha value is -2.30. The summed E-state index contributed by atoms with van der Waals surface area (Å²) in [5, 5.41) is 32.2. The number of thiophene rings is 1. The minimum atomic E-state index is -1.56. The Morgan fingerprint density at radius 1 is 1.21 bits per heavy atom. The van der Waals surface area contributed by atoms with Crippen LogP contribution >= 0.6 is 11.3 Å². The van der Waals surface area contributed by atoms with Crippen molar-refractivity contribution in [1.82, 2.24) is 13.9 Å².